The van der Waals surface area contributed by atoms with Crippen LogP contribution in [0.1, 0.15) is 30.5 Å². The van der Waals surface area contributed by atoms with Crippen LogP contribution in [0.15, 0.2) is 112 Å². The number of phenols is 1. The van der Waals surface area contributed by atoms with Crippen LogP contribution in [0.4, 0.5) is 11.4 Å². The predicted molar refractivity (Wildman–Crippen MR) is 150 cm³/mol. The van der Waals surface area contributed by atoms with Gasteiger partial charge in [-0.05, 0) is 54.4 Å². The first-order valence-corrected chi connectivity index (χ1v) is 13.5. The molecule has 38 heavy (non-hydrogen) atoms. The van der Waals surface area contributed by atoms with E-state index in [0.717, 1.165) is 38.0 Å². The van der Waals surface area contributed by atoms with Gasteiger partial charge < -0.3 is 9.84 Å². The van der Waals surface area contributed by atoms with Gasteiger partial charge in [0.15, 0.2) is 11.5 Å². The Morgan fingerprint density at radius 2 is 1.61 bits per heavy atom. The van der Waals surface area contributed by atoms with Crippen LogP contribution in [-0.4, -0.2) is 34.9 Å². The van der Waals surface area contributed by atoms with Crippen LogP contribution in [-0.2, 0) is 4.79 Å². The number of hydrogen-bond donors (Lipinski definition) is 1. The van der Waals surface area contributed by atoms with Crippen molar-refractivity contribution in [1.82, 2.24) is 5.01 Å². The number of benzene rings is 4. The molecular weight excluding hydrogens is 494 g/mol. The van der Waals surface area contributed by atoms with Gasteiger partial charge in [-0.15, -0.1) is 0 Å². The van der Waals surface area contributed by atoms with E-state index < -0.39 is 0 Å². The van der Waals surface area contributed by atoms with Gasteiger partial charge in [-0.25, -0.2) is 0 Å². The normalized spacial score (nSPS) is 16.0. The number of para-hydroxylation sites is 2. The molecule has 190 valence electrons. The summed E-state index contributed by atoms with van der Waals surface area (Å²) in [6.07, 6.45) is 0.636. The molecule has 0 aromatic heterocycles. The van der Waals surface area contributed by atoms with Gasteiger partial charge in [0.25, 0.3) is 5.91 Å². The zero-order chi connectivity index (χ0) is 26.1. The van der Waals surface area contributed by atoms with Gasteiger partial charge in [0.05, 0.1) is 29.7 Å². The van der Waals surface area contributed by atoms with E-state index in [4.69, 9.17) is 9.84 Å². The molecule has 1 amide bonds. The summed E-state index contributed by atoms with van der Waals surface area (Å²) in [5.41, 5.74) is 4.65. The van der Waals surface area contributed by atoms with Gasteiger partial charge >= 0.3 is 0 Å². The number of ether oxygens (including phenoxy) is 1. The Labute approximate surface area is 226 Å². The minimum atomic E-state index is -0.182. The quantitative estimate of drug-likeness (QED) is 0.303. The van der Waals surface area contributed by atoms with Gasteiger partial charge in [0, 0.05) is 16.2 Å². The summed E-state index contributed by atoms with van der Waals surface area (Å²) >= 11 is 1.68. The molecule has 4 aromatic rings. The number of amides is 1. The third-order valence-electron chi connectivity index (χ3n) is 6.75. The van der Waals surface area contributed by atoms with Gasteiger partial charge in [0.1, 0.15) is 6.54 Å². The molecule has 0 radical (unpaired) electrons. The van der Waals surface area contributed by atoms with Crippen LogP contribution in [0, 0.1) is 0 Å². The fourth-order valence-corrected chi connectivity index (χ4v) is 6.05. The first-order valence-electron chi connectivity index (χ1n) is 12.7. The molecule has 2 aliphatic rings. The molecule has 2 heterocycles. The number of fused-ring (bicyclic) bond motifs is 2. The molecule has 6 rings (SSSR count). The second kappa shape index (κ2) is 10.3. The predicted octanol–water partition coefficient (Wildman–Crippen LogP) is 6.77. The number of aromatic hydroxyl groups is 1. The van der Waals surface area contributed by atoms with Crippen LogP contribution >= 0.6 is 11.8 Å². The maximum absolute atomic E-state index is 14.1. The molecule has 4 aromatic carbocycles. The van der Waals surface area contributed by atoms with E-state index in [-0.39, 0.29) is 24.2 Å². The van der Waals surface area contributed by atoms with E-state index in [9.17, 15) is 9.90 Å². The summed E-state index contributed by atoms with van der Waals surface area (Å²) in [4.78, 5) is 18.0. The van der Waals surface area contributed by atoms with Gasteiger partial charge in [-0.3, -0.25) is 14.7 Å². The maximum Gasteiger partial charge on any atom is 0.252 e. The zero-order valence-corrected chi connectivity index (χ0v) is 21.8. The number of carbonyl (C=O) groups excluding carboxylic acids is 1. The average Bonchev–Trinajstić information content (AvgIpc) is 3.37. The molecule has 0 spiro atoms. The summed E-state index contributed by atoms with van der Waals surface area (Å²) in [5.74, 6) is 0.469. The second-order valence-corrected chi connectivity index (χ2v) is 10.2. The van der Waals surface area contributed by atoms with E-state index >= 15 is 0 Å². The first-order chi connectivity index (χ1) is 18.6. The van der Waals surface area contributed by atoms with Crippen LogP contribution < -0.4 is 9.64 Å². The number of hydrogen-bond acceptors (Lipinski definition) is 6. The standard InChI is InChI=1S/C31H27N3O3S/c1-2-37-28-18-22(16-17-27(28)35)26-19-23(21-10-4-3-5-11-21)32-33(26)20-31(36)34-24-12-6-8-14-29(24)38-30-15-9-7-13-25(30)34/h3-18,26,35H,2,19-20H2,1H3. The fourth-order valence-electron chi connectivity index (χ4n) is 4.99. The lowest BCUT2D eigenvalue weighted by atomic mass is 9.98. The summed E-state index contributed by atoms with van der Waals surface area (Å²) in [7, 11) is 0. The highest BCUT2D eigenvalue weighted by Crippen LogP contribution is 2.48. The van der Waals surface area contributed by atoms with Crippen molar-refractivity contribution in [2.24, 2.45) is 5.10 Å². The summed E-state index contributed by atoms with van der Waals surface area (Å²) in [6.45, 7) is 2.43. The molecule has 0 fully saturated rings. The van der Waals surface area contributed by atoms with Gasteiger partial charge in [0.2, 0.25) is 0 Å². The molecule has 0 saturated heterocycles. The monoisotopic (exact) mass is 521 g/mol. The third-order valence-corrected chi connectivity index (χ3v) is 7.88. The lowest BCUT2D eigenvalue weighted by Crippen LogP contribution is -2.37. The number of nitrogens with zero attached hydrogens (tertiary/aromatic N) is 3. The molecule has 7 heteroatoms. The summed E-state index contributed by atoms with van der Waals surface area (Å²) < 4.78 is 5.65. The van der Waals surface area contributed by atoms with Gasteiger partial charge in [-0.2, -0.15) is 5.10 Å². The molecule has 0 saturated carbocycles. The average molecular weight is 522 g/mol. The number of rotatable bonds is 6. The lowest BCUT2D eigenvalue weighted by molar-refractivity contribution is -0.119. The molecule has 1 unspecified atom stereocenters. The molecule has 2 aliphatic heterocycles. The molecule has 0 aliphatic carbocycles. The SMILES string of the molecule is CCOc1cc(C2CC(c3ccccc3)=NN2CC(=O)N2c3ccccc3Sc3ccccc32)ccc1O. The highest BCUT2D eigenvalue weighted by Gasteiger charge is 2.34. The largest absolute Gasteiger partial charge is 0.504 e. The van der Waals surface area contributed by atoms with E-state index in [1.807, 2.05) is 108 Å². The molecule has 0 bridgehead atoms. The van der Waals surface area contributed by atoms with E-state index in [0.29, 0.717) is 18.8 Å². The Bertz CT molecular complexity index is 1480. The number of carbonyl (C=O) groups is 1. The Hall–Kier alpha value is -4.23. The number of hydrazone groups is 1. The molecular formula is C31H27N3O3S. The van der Waals surface area contributed by atoms with Crippen molar-refractivity contribution >= 4 is 34.8 Å². The van der Waals surface area contributed by atoms with E-state index in [1.165, 1.54) is 0 Å². The highest BCUT2D eigenvalue weighted by atomic mass is 32.2. The Balaban J connectivity index is 1.37. The first kappa shape index (κ1) is 24.1. The Morgan fingerprint density at radius 1 is 0.947 bits per heavy atom. The van der Waals surface area contributed by atoms with Crippen molar-refractivity contribution in [3.8, 4) is 11.5 Å². The third kappa shape index (κ3) is 4.50. The summed E-state index contributed by atoms with van der Waals surface area (Å²) in [6, 6.07) is 31.2. The molecule has 6 nitrogen and oxygen atoms in total. The minimum Gasteiger partial charge on any atom is -0.504 e. The van der Waals surface area contributed by atoms with Crippen molar-refractivity contribution in [3.05, 3.63) is 108 Å². The second-order valence-electron chi connectivity index (χ2n) is 9.16. The van der Waals surface area contributed by atoms with Crippen LogP contribution in [0.25, 0.3) is 0 Å². The topological polar surface area (TPSA) is 65.4 Å². The van der Waals surface area contributed by atoms with Crippen molar-refractivity contribution in [3.63, 3.8) is 0 Å². The van der Waals surface area contributed by atoms with Crippen molar-refractivity contribution in [1.29, 1.82) is 0 Å². The smallest absolute Gasteiger partial charge is 0.252 e. The van der Waals surface area contributed by atoms with Crippen molar-refractivity contribution in [2.45, 2.75) is 29.2 Å². The Kier molecular flexibility index (Phi) is 6.52. The van der Waals surface area contributed by atoms with Crippen LogP contribution in [0.2, 0.25) is 0 Å². The highest BCUT2D eigenvalue weighted by molar-refractivity contribution is 7.99. The fraction of sp³-hybridized carbons (Fsp3) is 0.161. The molecule has 1 N–H and O–H groups in total. The maximum atomic E-state index is 14.1. The van der Waals surface area contributed by atoms with Gasteiger partial charge in [-0.1, -0.05) is 72.4 Å². The summed E-state index contributed by atoms with van der Waals surface area (Å²) in [5, 5.41) is 17.1. The Morgan fingerprint density at radius 3 is 2.29 bits per heavy atom. The zero-order valence-electron chi connectivity index (χ0n) is 20.9. The molecule has 1 atom stereocenters. The van der Waals surface area contributed by atoms with Crippen molar-refractivity contribution < 1.29 is 14.6 Å². The van der Waals surface area contributed by atoms with Crippen molar-refractivity contribution in [2.75, 3.05) is 18.1 Å². The number of phenolic OH excluding ortho intramolecular Hbond substituents is 1. The van der Waals surface area contributed by atoms with E-state index in [1.54, 1.807) is 17.8 Å². The number of anilines is 2. The van der Waals surface area contributed by atoms with Crippen LogP contribution in [0.5, 0.6) is 11.5 Å². The van der Waals surface area contributed by atoms with E-state index in [2.05, 4.69) is 0 Å². The lowest BCUT2D eigenvalue weighted by Gasteiger charge is -2.33. The van der Waals surface area contributed by atoms with Crippen LogP contribution in [0.3, 0.4) is 0 Å². The minimum absolute atomic E-state index is 0.0583.